The standard InChI is InChI=1S/C73H45NO/c1-3-20-46(21-4-1)48-38-41-68(60(42-48)47-22-5-2-6-23-47)74(49-39-40-54-52-26-8-7-24-50(52)51-25-9-10-27-53(51)61(54)43-49)69-45-67-62(44-63(69)58-32-19-37-71-72(58)59-31-14-18-36-70(59)75-71)57-30-13-17-35-66(57)73(67)64-33-15-11-28-55(64)56-29-12-16-34-65(56)73/h1-45H. The summed E-state index contributed by atoms with van der Waals surface area (Å²) in [6.07, 6.45) is 0. The molecule has 0 bridgehead atoms. The molecule has 1 spiro atoms. The average molecular weight is 952 g/mol. The molecular formula is C73H45NO. The fourth-order valence-corrected chi connectivity index (χ4v) is 13.4. The Morgan fingerprint density at radius 1 is 0.253 bits per heavy atom. The highest BCUT2D eigenvalue weighted by molar-refractivity contribution is 6.26. The highest BCUT2D eigenvalue weighted by Crippen LogP contribution is 2.65. The van der Waals surface area contributed by atoms with E-state index in [-0.39, 0.29) is 0 Å². The van der Waals surface area contributed by atoms with E-state index < -0.39 is 5.41 Å². The quantitative estimate of drug-likeness (QED) is 0.154. The predicted octanol–water partition coefficient (Wildman–Crippen LogP) is 19.9. The van der Waals surface area contributed by atoms with Crippen molar-refractivity contribution in [2.24, 2.45) is 0 Å². The fraction of sp³-hybridized carbons (Fsp3) is 0.0137. The second-order valence-electron chi connectivity index (χ2n) is 20.2. The monoisotopic (exact) mass is 951 g/mol. The summed E-state index contributed by atoms with van der Waals surface area (Å²) >= 11 is 0. The molecule has 0 aliphatic heterocycles. The molecule has 0 amide bonds. The smallest absolute Gasteiger partial charge is 0.136 e. The highest BCUT2D eigenvalue weighted by atomic mass is 16.3. The largest absolute Gasteiger partial charge is 0.456 e. The molecular weight excluding hydrogens is 907 g/mol. The molecule has 2 heteroatoms. The molecule has 348 valence electrons. The number of fused-ring (bicyclic) bond motifs is 19. The van der Waals surface area contributed by atoms with Gasteiger partial charge >= 0.3 is 0 Å². The summed E-state index contributed by atoms with van der Waals surface area (Å²) in [6, 6.07) is 101. The number of hydrogen-bond acceptors (Lipinski definition) is 2. The third-order valence-electron chi connectivity index (χ3n) is 16.5. The van der Waals surface area contributed by atoms with Gasteiger partial charge in [0.25, 0.3) is 0 Å². The number of para-hydroxylation sites is 1. The second-order valence-corrected chi connectivity index (χ2v) is 20.2. The van der Waals surface area contributed by atoms with Crippen LogP contribution in [0, 0.1) is 0 Å². The van der Waals surface area contributed by atoms with Gasteiger partial charge in [-0.25, -0.2) is 0 Å². The van der Waals surface area contributed by atoms with E-state index in [1.54, 1.807) is 0 Å². The van der Waals surface area contributed by atoms with Crippen molar-refractivity contribution < 1.29 is 4.42 Å². The maximum atomic E-state index is 6.73. The minimum absolute atomic E-state index is 0.579. The van der Waals surface area contributed by atoms with E-state index in [0.29, 0.717) is 0 Å². The molecule has 0 saturated carbocycles. The maximum Gasteiger partial charge on any atom is 0.136 e. The minimum atomic E-state index is -0.579. The van der Waals surface area contributed by atoms with Gasteiger partial charge in [0.1, 0.15) is 11.2 Å². The third kappa shape index (κ3) is 5.97. The Labute approximate surface area is 434 Å². The summed E-state index contributed by atoms with van der Waals surface area (Å²) in [5, 5.41) is 9.62. The molecule has 0 saturated heterocycles. The van der Waals surface area contributed by atoms with Crippen molar-refractivity contribution in [1.29, 1.82) is 0 Å². The summed E-state index contributed by atoms with van der Waals surface area (Å²) in [7, 11) is 0. The van der Waals surface area contributed by atoms with Crippen LogP contribution in [-0.2, 0) is 5.41 Å². The Hall–Kier alpha value is -9.76. The number of nitrogens with zero attached hydrogens (tertiary/aromatic N) is 1. The van der Waals surface area contributed by atoms with E-state index in [9.17, 15) is 0 Å². The minimum Gasteiger partial charge on any atom is -0.456 e. The lowest BCUT2D eigenvalue weighted by atomic mass is 9.70. The molecule has 75 heavy (non-hydrogen) atoms. The molecule has 0 atom stereocenters. The molecule has 0 N–H and O–H groups in total. The Morgan fingerprint density at radius 3 is 1.41 bits per heavy atom. The number of benzene rings is 13. The maximum absolute atomic E-state index is 6.73. The van der Waals surface area contributed by atoms with E-state index in [1.165, 1.54) is 82.4 Å². The Balaban J connectivity index is 1.09. The molecule has 2 aliphatic carbocycles. The van der Waals surface area contributed by atoms with Crippen LogP contribution in [0.3, 0.4) is 0 Å². The molecule has 2 aliphatic rings. The lowest BCUT2D eigenvalue weighted by Crippen LogP contribution is -2.26. The van der Waals surface area contributed by atoms with Crippen molar-refractivity contribution in [2.75, 3.05) is 4.90 Å². The Kier molecular flexibility index (Phi) is 8.99. The number of furan rings is 1. The Bertz CT molecular complexity index is 4580. The van der Waals surface area contributed by atoms with Gasteiger partial charge in [0, 0.05) is 27.6 Å². The van der Waals surface area contributed by atoms with Crippen molar-refractivity contribution >= 4 is 71.3 Å². The first-order valence-corrected chi connectivity index (χ1v) is 26.0. The molecule has 13 aromatic carbocycles. The van der Waals surface area contributed by atoms with Gasteiger partial charge in [-0.1, -0.05) is 224 Å². The molecule has 1 heterocycles. The molecule has 1 aromatic heterocycles. The zero-order valence-electron chi connectivity index (χ0n) is 40.8. The Morgan fingerprint density at radius 2 is 0.760 bits per heavy atom. The number of hydrogen-bond donors (Lipinski definition) is 0. The molecule has 16 rings (SSSR count). The summed E-state index contributed by atoms with van der Waals surface area (Å²) in [6.45, 7) is 0. The molecule has 0 radical (unpaired) electrons. The van der Waals surface area contributed by atoms with Crippen molar-refractivity contribution in [3.63, 3.8) is 0 Å². The van der Waals surface area contributed by atoms with Gasteiger partial charge in [-0.05, 0) is 148 Å². The first-order chi connectivity index (χ1) is 37.2. The van der Waals surface area contributed by atoms with Crippen LogP contribution in [0.15, 0.2) is 277 Å². The first kappa shape index (κ1) is 41.8. The van der Waals surface area contributed by atoms with Crippen LogP contribution in [-0.4, -0.2) is 0 Å². The van der Waals surface area contributed by atoms with E-state index in [0.717, 1.165) is 66.8 Å². The van der Waals surface area contributed by atoms with E-state index in [2.05, 4.69) is 278 Å². The second kappa shape index (κ2) is 16.1. The lowest BCUT2D eigenvalue weighted by molar-refractivity contribution is 0.669. The van der Waals surface area contributed by atoms with Gasteiger partial charge in [-0.2, -0.15) is 0 Å². The topological polar surface area (TPSA) is 16.4 Å². The SMILES string of the molecule is c1ccc(-c2ccc(N(c3ccc4c5ccccc5c5ccccc5c4c3)c3cc4c(cc3-c3cccc5oc6ccccc6c35)-c3ccccc3C43c4ccccc4-c4ccccc43)c(-c3ccccc3)c2)cc1. The summed E-state index contributed by atoms with van der Waals surface area (Å²) < 4.78 is 6.73. The van der Waals surface area contributed by atoms with Crippen LogP contribution in [0.4, 0.5) is 17.1 Å². The zero-order chi connectivity index (χ0) is 49.2. The van der Waals surface area contributed by atoms with Crippen molar-refractivity contribution in [3.05, 3.63) is 295 Å². The van der Waals surface area contributed by atoms with Crippen molar-refractivity contribution in [3.8, 4) is 55.6 Å². The molecule has 2 nitrogen and oxygen atoms in total. The van der Waals surface area contributed by atoms with Crippen LogP contribution in [0.5, 0.6) is 0 Å². The number of rotatable bonds is 6. The normalized spacial score (nSPS) is 12.9. The summed E-state index contributed by atoms with van der Waals surface area (Å²) in [5.74, 6) is 0. The first-order valence-electron chi connectivity index (χ1n) is 26.0. The van der Waals surface area contributed by atoms with Gasteiger partial charge in [0.15, 0.2) is 0 Å². The summed E-state index contributed by atoms with van der Waals surface area (Å²) in [5.41, 5.74) is 21.5. The molecule has 14 aromatic rings. The van der Waals surface area contributed by atoms with Crippen molar-refractivity contribution in [2.45, 2.75) is 5.41 Å². The molecule has 0 fully saturated rings. The van der Waals surface area contributed by atoms with E-state index in [1.807, 2.05) is 0 Å². The van der Waals surface area contributed by atoms with Gasteiger partial charge in [0.2, 0.25) is 0 Å². The van der Waals surface area contributed by atoms with Gasteiger partial charge < -0.3 is 9.32 Å². The average Bonchev–Trinajstić information content (AvgIpc) is 4.20. The van der Waals surface area contributed by atoms with Crippen LogP contribution in [0.2, 0.25) is 0 Å². The van der Waals surface area contributed by atoms with Crippen LogP contribution in [0.25, 0.3) is 110 Å². The van der Waals surface area contributed by atoms with Crippen LogP contribution in [0.1, 0.15) is 22.3 Å². The van der Waals surface area contributed by atoms with Crippen LogP contribution >= 0.6 is 0 Å². The highest BCUT2D eigenvalue weighted by Gasteiger charge is 2.52. The fourth-order valence-electron chi connectivity index (χ4n) is 13.4. The van der Waals surface area contributed by atoms with Crippen molar-refractivity contribution in [1.82, 2.24) is 0 Å². The molecule has 0 unspecified atom stereocenters. The lowest BCUT2D eigenvalue weighted by Gasteiger charge is -2.34. The zero-order valence-corrected chi connectivity index (χ0v) is 40.8. The third-order valence-corrected chi connectivity index (χ3v) is 16.5. The van der Waals surface area contributed by atoms with Gasteiger partial charge in [0.05, 0.1) is 16.8 Å². The van der Waals surface area contributed by atoms with Crippen LogP contribution < -0.4 is 4.90 Å². The number of anilines is 3. The summed E-state index contributed by atoms with van der Waals surface area (Å²) in [4.78, 5) is 2.58. The van der Waals surface area contributed by atoms with E-state index in [4.69, 9.17) is 4.42 Å². The van der Waals surface area contributed by atoms with Gasteiger partial charge in [-0.3, -0.25) is 0 Å². The van der Waals surface area contributed by atoms with E-state index >= 15 is 0 Å². The predicted molar refractivity (Wildman–Crippen MR) is 314 cm³/mol. The van der Waals surface area contributed by atoms with Gasteiger partial charge in [-0.15, -0.1) is 0 Å².